The molecule has 0 aliphatic carbocycles. The van der Waals surface area contributed by atoms with Crippen LogP contribution in [0.1, 0.15) is 15.9 Å². The highest BCUT2D eigenvalue weighted by molar-refractivity contribution is 5.99. The van der Waals surface area contributed by atoms with Crippen molar-refractivity contribution in [2.24, 2.45) is 0 Å². The monoisotopic (exact) mass is 597 g/mol. The van der Waals surface area contributed by atoms with Gasteiger partial charge in [0.15, 0.2) is 11.5 Å². The molecule has 0 atom stereocenters. The molecule has 228 valence electrons. The zero-order chi connectivity index (χ0) is 30.5. The third-order valence-electron chi connectivity index (χ3n) is 7.69. The quantitative estimate of drug-likeness (QED) is 0.293. The Kier molecular flexibility index (Phi) is 8.76. The van der Waals surface area contributed by atoms with E-state index in [9.17, 15) is 9.59 Å². The molecule has 0 radical (unpaired) electrons. The van der Waals surface area contributed by atoms with Gasteiger partial charge in [-0.1, -0.05) is 17.7 Å². The summed E-state index contributed by atoms with van der Waals surface area (Å²) >= 11 is 0. The lowest BCUT2D eigenvalue weighted by atomic mass is 10.1. The second-order valence-electron chi connectivity index (χ2n) is 10.7. The summed E-state index contributed by atoms with van der Waals surface area (Å²) < 4.78 is 23.5. The van der Waals surface area contributed by atoms with Crippen LogP contribution in [0.4, 0.5) is 5.95 Å². The van der Waals surface area contributed by atoms with Gasteiger partial charge in [0.05, 0.1) is 26.0 Å². The van der Waals surface area contributed by atoms with Crippen LogP contribution < -0.4 is 19.5 Å². The minimum atomic E-state index is -0.360. The van der Waals surface area contributed by atoms with Crippen molar-refractivity contribution in [1.29, 1.82) is 0 Å². The van der Waals surface area contributed by atoms with Gasteiger partial charge >= 0.3 is 0 Å². The predicted molar refractivity (Wildman–Crippen MR) is 165 cm³/mol. The summed E-state index contributed by atoms with van der Waals surface area (Å²) in [5.41, 5.74) is 3.94. The Bertz CT molecular complexity index is 1610. The first-order valence-corrected chi connectivity index (χ1v) is 14.6. The number of rotatable bonds is 10. The Morgan fingerprint density at radius 3 is 2.48 bits per heavy atom. The van der Waals surface area contributed by atoms with Gasteiger partial charge in [-0.2, -0.15) is 0 Å². The van der Waals surface area contributed by atoms with Gasteiger partial charge < -0.3 is 23.8 Å². The molecule has 3 aromatic carbocycles. The minimum Gasteiger partial charge on any atom is -0.497 e. The zero-order valence-electron chi connectivity index (χ0n) is 24.8. The molecular weight excluding hydrogens is 562 g/mol. The fraction of sp³-hybridized carbons (Fsp3) is 0.303. The number of nitrogens with zero attached hydrogens (tertiary/aromatic N) is 4. The van der Waals surface area contributed by atoms with Gasteiger partial charge in [0.2, 0.25) is 18.6 Å². The van der Waals surface area contributed by atoms with Crippen molar-refractivity contribution in [3.05, 3.63) is 84.1 Å². The van der Waals surface area contributed by atoms with E-state index in [0.29, 0.717) is 55.0 Å². The molecule has 44 heavy (non-hydrogen) atoms. The SMILES string of the molecule is COc1ccc(-c2cn(-c3ccc(C)cc3)c(NC(=O)CN(CCN3CCOCC3)C(=O)c3ccc4c(c3)OCO4)n2)cc1. The average Bonchev–Trinajstić information content (AvgIpc) is 3.70. The summed E-state index contributed by atoms with van der Waals surface area (Å²) in [6, 6.07) is 20.6. The van der Waals surface area contributed by atoms with E-state index in [4.69, 9.17) is 23.9 Å². The molecule has 2 amide bonds. The molecule has 11 nitrogen and oxygen atoms in total. The Morgan fingerprint density at radius 2 is 1.73 bits per heavy atom. The fourth-order valence-electron chi connectivity index (χ4n) is 5.16. The molecule has 1 saturated heterocycles. The summed E-state index contributed by atoms with van der Waals surface area (Å²) in [6.45, 7) is 5.81. The third-order valence-corrected chi connectivity index (χ3v) is 7.69. The zero-order valence-corrected chi connectivity index (χ0v) is 24.8. The second kappa shape index (κ2) is 13.2. The third kappa shape index (κ3) is 6.69. The van der Waals surface area contributed by atoms with Gasteiger partial charge in [0, 0.05) is 49.2 Å². The first-order valence-electron chi connectivity index (χ1n) is 14.6. The standard InChI is InChI=1S/C33H35N5O6/c1-23-3-8-26(9-4-23)38-20-28(24-5-10-27(41-2)11-6-24)34-33(38)35-31(39)21-37(14-13-36-15-17-42-18-16-36)32(40)25-7-12-29-30(19-25)44-22-43-29/h3-12,19-20H,13-18,21-22H2,1-2H3,(H,34,35,39). The first-order chi connectivity index (χ1) is 21.5. The highest BCUT2D eigenvalue weighted by Gasteiger charge is 2.24. The maximum atomic E-state index is 13.7. The number of amides is 2. The number of anilines is 1. The maximum absolute atomic E-state index is 13.7. The Labute approximate surface area is 255 Å². The molecule has 0 saturated carbocycles. The lowest BCUT2D eigenvalue weighted by Crippen LogP contribution is -2.45. The molecule has 2 aliphatic rings. The molecule has 4 aromatic rings. The van der Waals surface area contributed by atoms with Crippen molar-refractivity contribution in [2.45, 2.75) is 6.92 Å². The van der Waals surface area contributed by atoms with Gasteiger partial charge in [0.1, 0.15) is 12.3 Å². The molecule has 1 fully saturated rings. The van der Waals surface area contributed by atoms with E-state index >= 15 is 0 Å². The normalized spacial score (nSPS) is 14.3. The summed E-state index contributed by atoms with van der Waals surface area (Å²) in [5, 5.41) is 2.97. The van der Waals surface area contributed by atoms with Crippen molar-refractivity contribution in [2.75, 3.05) is 65.2 Å². The lowest BCUT2D eigenvalue weighted by molar-refractivity contribution is -0.117. The largest absolute Gasteiger partial charge is 0.497 e. The van der Waals surface area contributed by atoms with E-state index in [0.717, 1.165) is 35.7 Å². The van der Waals surface area contributed by atoms with Gasteiger partial charge in [-0.3, -0.25) is 24.4 Å². The summed E-state index contributed by atoms with van der Waals surface area (Å²) in [5.74, 6) is 1.57. The van der Waals surface area contributed by atoms with Crippen LogP contribution in [0.25, 0.3) is 16.9 Å². The van der Waals surface area contributed by atoms with Crippen LogP contribution in [-0.4, -0.2) is 91.0 Å². The van der Waals surface area contributed by atoms with Crippen molar-refractivity contribution in [3.63, 3.8) is 0 Å². The molecule has 11 heteroatoms. The Morgan fingerprint density at radius 1 is 0.977 bits per heavy atom. The predicted octanol–water partition coefficient (Wildman–Crippen LogP) is 4.00. The number of hydrogen-bond donors (Lipinski definition) is 1. The number of benzene rings is 3. The number of aromatic nitrogens is 2. The van der Waals surface area contributed by atoms with Crippen molar-refractivity contribution >= 4 is 17.8 Å². The molecular formula is C33H35N5O6. The molecule has 2 aliphatic heterocycles. The van der Waals surface area contributed by atoms with E-state index in [-0.39, 0.29) is 25.2 Å². The number of ether oxygens (including phenoxy) is 4. The average molecular weight is 598 g/mol. The van der Waals surface area contributed by atoms with Crippen LogP contribution in [0.5, 0.6) is 17.2 Å². The number of carbonyl (C=O) groups is 2. The fourth-order valence-corrected chi connectivity index (χ4v) is 5.16. The number of carbonyl (C=O) groups excluding carboxylic acids is 2. The van der Waals surface area contributed by atoms with Gasteiger partial charge in [0.25, 0.3) is 5.91 Å². The van der Waals surface area contributed by atoms with Crippen LogP contribution >= 0.6 is 0 Å². The number of fused-ring (bicyclic) bond motifs is 1. The summed E-state index contributed by atoms with van der Waals surface area (Å²) in [6.07, 6.45) is 1.88. The van der Waals surface area contributed by atoms with Crippen LogP contribution in [0.2, 0.25) is 0 Å². The highest BCUT2D eigenvalue weighted by atomic mass is 16.7. The van der Waals surface area contributed by atoms with Crippen molar-refractivity contribution < 1.29 is 28.5 Å². The van der Waals surface area contributed by atoms with Crippen LogP contribution in [0.3, 0.4) is 0 Å². The van der Waals surface area contributed by atoms with Gasteiger partial charge in [-0.15, -0.1) is 0 Å². The van der Waals surface area contributed by atoms with E-state index in [1.54, 1.807) is 30.2 Å². The molecule has 6 rings (SSSR count). The molecule has 3 heterocycles. The molecule has 0 unspecified atom stereocenters. The van der Waals surface area contributed by atoms with Crippen LogP contribution in [-0.2, 0) is 9.53 Å². The van der Waals surface area contributed by atoms with Crippen LogP contribution in [0, 0.1) is 6.92 Å². The topological polar surface area (TPSA) is 107 Å². The molecule has 0 spiro atoms. The number of aryl methyl sites for hydroxylation is 1. The summed E-state index contributed by atoms with van der Waals surface area (Å²) in [4.78, 5) is 35.9. The molecule has 1 aromatic heterocycles. The number of hydrogen-bond acceptors (Lipinski definition) is 8. The lowest BCUT2D eigenvalue weighted by Gasteiger charge is -2.30. The van der Waals surface area contributed by atoms with Crippen molar-refractivity contribution in [1.82, 2.24) is 19.4 Å². The summed E-state index contributed by atoms with van der Waals surface area (Å²) in [7, 11) is 1.62. The number of methoxy groups -OCH3 is 1. The van der Waals surface area contributed by atoms with Gasteiger partial charge in [-0.05, 0) is 61.5 Å². The van der Waals surface area contributed by atoms with E-state index in [1.165, 1.54) is 0 Å². The highest BCUT2D eigenvalue weighted by Crippen LogP contribution is 2.33. The second-order valence-corrected chi connectivity index (χ2v) is 10.7. The Hall–Kier alpha value is -4.87. The van der Waals surface area contributed by atoms with E-state index < -0.39 is 0 Å². The number of imidazole rings is 1. The van der Waals surface area contributed by atoms with Crippen molar-refractivity contribution in [3.8, 4) is 34.2 Å². The molecule has 0 bridgehead atoms. The van der Waals surface area contributed by atoms with E-state index in [2.05, 4.69) is 10.2 Å². The van der Waals surface area contributed by atoms with Crippen LogP contribution in [0.15, 0.2) is 72.9 Å². The smallest absolute Gasteiger partial charge is 0.254 e. The first kappa shape index (κ1) is 29.2. The maximum Gasteiger partial charge on any atom is 0.254 e. The molecule has 1 N–H and O–H groups in total. The minimum absolute atomic E-state index is 0.113. The Balaban J connectivity index is 1.25. The number of morpholine rings is 1. The van der Waals surface area contributed by atoms with E-state index in [1.807, 2.05) is 66.2 Å². The van der Waals surface area contributed by atoms with Gasteiger partial charge in [-0.25, -0.2) is 4.98 Å². The number of nitrogens with one attached hydrogen (secondary N) is 1.